The summed E-state index contributed by atoms with van der Waals surface area (Å²) >= 11 is 12.4. The molecule has 150 valence electrons. The number of likely N-dealkylation sites (tertiary alicyclic amines) is 1. The summed E-state index contributed by atoms with van der Waals surface area (Å²) in [5.74, 6) is 1.16. The molecule has 1 aliphatic heterocycles. The molecule has 4 rings (SSSR count). The van der Waals surface area contributed by atoms with Crippen LogP contribution in [0, 0.1) is 6.92 Å². The molecule has 7 nitrogen and oxygen atoms in total. The quantitative estimate of drug-likeness (QED) is 0.618. The van der Waals surface area contributed by atoms with E-state index in [2.05, 4.69) is 20.1 Å². The van der Waals surface area contributed by atoms with Gasteiger partial charge in [0.15, 0.2) is 5.82 Å². The molecule has 0 N–H and O–H groups in total. The van der Waals surface area contributed by atoms with Crippen molar-refractivity contribution < 1.29 is 9.32 Å². The first kappa shape index (κ1) is 19.8. The van der Waals surface area contributed by atoms with Crippen LogP contribution in [0.25, 0.3) is 11.6 Å². The number of nitrogens with zero attached hydrogens (tertiary/aromatic N) is 5. The first-order valence-electron chi connectivity index (χ1n) is 9.34. The monoisotopic (exact) mass is 431 g/mol. The van der Waals surface area contributed by atoms with Crippen molar-refractivity contribution in [2.45, 2.75) is 32.1 Å². The van der Waals surface area contributed by atoms with E-state index in [4.69, 9.17) is 27.7 Å². The molecule has 1 aromatic carbocycles. The van der Waals surface area contributed by atoms with Crippen molar-refractivity contribution in [1.29, 1.82) is 0 Å². The summed E-state index contributed by atoms with van der Waals surface area (Å²) in [6, 6.07) is 5.26. The van der Waals surface area contributed by atoms with Crippen LogP contribution in [-0.4, -0.2) is 44.0 Å². The lowest BCUT2D eigenvalue weighted by Crippen LogP contribution is -2.39. The van der Waals surface area contributed by atoms with Gasteiger partial charge in [-0.15, -0.1) is 0 Å². The van der Waals surface area contributed by atoms with Crippen molar-refractivity contribution in [2.24, 2.45) is 0 Å². The highest BCUT2D eigenvalue weighted by Crippen LogP contribution is 2.29. The zero-order chi connectivity index (χ0) is 20.4. The Hall–Kier alpha value is -2.51. The molecule has 9 heteroatoms. The number of hydrogen-bond donors (Lipinski definition) is 0. The van der Waals surface area contributed by atoms with Crippen LogP contribution in [0.5, 0.6) is 0 Å². The van der Waals surface area contributed by atoms with Crippen molar-refractivity contribution in [3.8, 4) is 11.6 Å². The van der Waals surface area contributed by atoms with E-state index in [1.165, 1.54) is 0 Å². The third kappa shape index (κ3) is 4.41. The average Bonchev–Trinajstić information content (AvgIpc) is 3.21. The van der Waals surface area contributed by atoms with E-state index in [1.54, 1.807) is 30.6 Å². The molecule has 0 aliphatic carbocycles. The summed E-state index contributed by atoms with van der Waals surface area (Å²) in [5, 5.41) is 5.13. The molecule has 1 aliphatic rings. The molecule has 1 fully saturated rings. The fourth-order valence-corrected chi connectivity index (χ4v) is 3.89. The molecule has 0 saturated carbocycles. The Balaban J connectivity index is 1.37. The number of hydrogen-bond acceptors (Lipinski definition) is 6. The predicted octanol–water partition coefficient (Wildman–Crippen LogP) is 4.09. The highest BCUT2D eigenvalue weighted by Gasteiger charge is 2.28. The largest absolute Gasteiger partial charge is 0.342 e. The molecule has 0 bridgehead atoms. The molecule has 0 unspecified atom stereocenters. The van der Waals surface area contributed by atoms with Crippen LogP contribution in [0.3, 0.4) is 0 Å². The molecule has 0 radical (unpaired) electrons. The van der Waals surface area contributed by atoms with Crippen LogP contribution in [0.1, 0.15) is 35.8 Å². The second kappa shape index (κ2) is 8.47. The summed E-state index contributed by atoms with van der Waals surface area (Å²) in [6.45, 7) is 3.12. The second-order valence-corrected chi connectivity index (χ2v) is 7.85. The molecule has 1 amide bonds. The number of carbonyl (C=O) groups excluding carboxylic acids is 1. The van der Waals surface area contributed by atoms with E-state index in [1.807, 2.05) is 11.8 Å². The number of halogens is 2. The molecule has 0 spiro atoms. The van der Waals surface area contributed by atoms with E-state index in [-0.39, 0.29) is 18.2 Å². The van der Waals surface area contributed by atoms with Gasteiger partial charge in [-0.1, -0.05) is 34.4 Å². The van der Waals surface area contributed by atoms with Gasteiger partial charge in [-0.2, -0.15) is 4.98 Å². The van der Waals surface area contributed by atoms with Crippen molar-refractivity contribution in [3.05, 3.63) is 57.7 Å². The number of rotatable bonds is 4. The van der Waals surface area contributed by atoms with Gasteiger partial charge in [-0.05, 0) is 37.5 Å². The minimum atomic E-state index is 0.0159. The van der Waals surface area contributed by atoms with Gasteiger partial charge in [-0.25, -0.2) is 4.98 Å². The minimum absolute atomic E-state index is 0.0159. The van der Waals surface area contributed by atoms with Crippen molar-refractivity contribution >= 4 is 29.1 Å². The standard InChI is InChI=1S/C20H19Cl2N5O2/c1-12-10-24-17(11-23-12)20-25-19(26-29-20)13-5-7-27(8-6-13)18(28)9-14-15(21)3-2-4-16(14)22/h2-4,10-11,13H,5-9H2,1H3. The normalized spacial score (nSPS) is 14.9. The number of carbonyl (C=O) groups is 1. The van der Waals surface area contributed by atoms with Gasteiger partial charge in [0.2, 0.25) is 5.91 Å². The van der Waals surface area contributed by atoms with Crippen LogP contribution in [0.4, 0.5) is 0 Å². The third-order valence-electron chi connectivity index (χ3n) is 5.04. The average molecular weight is 432 g/mol. The summed E-state index contributed by atoms with van der Waals surface area (Å²) in [7, 11) is 0. The first-order valence-corrected chi connectivity index (χ1v) is 10.1. The SMILES string of the molecule is Cc1cnc(-c2nc(C3CCN(C(=O)Cc4c(Cl)cccc4Cl)CC3)no2)cn1. The second-order valence-electron chi connectivity index (χ2n) is 7.03. The zero-order valence-electron chi connectivity index (χ0n) is 15.8. The topological polar surface area (TPSA) is 85.0 Å². The van der Waals surface area contributed by atoms with Gasteiger partial charge in [0, 0.05) is 35.2 Å². The van der Waals surface area contributed by atoms with Crippen LogP contribution in [0.2, 0.25) is 10.0 Å². The molecule has 1 saturated heterocycles. The zero-order valence-corrected chi connectivity index (χ0v) is 17.3. The fraction of sp³-hybridized carbons (Fsp3) is 0.350. The molecule has 2 aromatic heterocycles. The number of aromatic nitrogens is 4. The first-order chi connectivity index (χ1) is 14.0. The summed E-state index contributed by atoms with van der Waals surface area (Å²) in [6.07, 6.45) is 5.00. The van der Waals surface area contributed by atoms with Crippen LogP contribution >= 0.6 is 23.2 Å². The van der Waals surface area contributed by atoms with E-state index >= 15 is 0 Å². The summed E-state index contributed by atoms with van der Waals surface area (Å²) < 4.78 is 5.35. The molecule has 3 aromatic rings. The van der Waals surface area contributed by atoms with Gasteiger partial charge in [0.25, 0.3) is 5.89 Å². The molecule has 0 atom stereocenters. The van der Waals surface area contributed by atoms with E-state index in [0.717, 1.165) is 18.5 Å². The lowest BCUT2D eigenvalue weighted by Gasteiger charge is -2.30. The smallest absolute Gasteiger partial charge is 0.278 e. The number of piperidine rings is 1. The maximum absolute atomic E-state index is 12.7. The summed E-state index contributed by atoms with van der Waals surface area (Å²) in [4.78, 5) is 27.5. The van der Waals surface area contributed by atoms with Crippen LogP contribution in [-0.2, 0) is 11.2 Å². The Morgan fingerprint density at radius 2 is 1.90 bits per heavy atom. The van der Waals surface area contributed by atoms with Crippen molar-refractivity contribution in [3.63, 3.8) is 0 Å². The minimum Gasteiger partial charge on any atom is -0.342 e. The Morgan fingerprint density at radius 3 is 2.55 bits per heavy atom. The highest BCUT2D eigenvalue weighted by molar-refractivity contribution is 6.36. The van der Waals surface area contributed by atoms with Gasteiger partial charge >= 0.3 is 0 Å². The number of aryl methyl sites for hydroxylation is 1. The Kier molecular flexibility index (Phi) is 5.78. The lowest BCUT2D eigenvalue weighted by atomic mass is 9.95. The summed E-state index contributed by atoms with van der Waals surface area (Å²) in [5.41, 5.74) is 2.05. The van der Waals surface area contributed by atoms with Crippen molar-refractivity contribution in [1.82, 2.24) is 25.0 Å². The van der Waals surface area contributed by atoms with Crippen LogP contribution in [0.15, 0.2) is 35.1 Å². The molecule has 29 heavy (non-hydrogen) atoms. The highest BCUT2D eigenvalue weighted by atomic mass is 35.5. The van der Waals surface area contributed by atoms with E-state index in [9.17, 15) is 4.79 Å². The fourth-order valence-electron chi connectivity index (χ4n) is 3.36. The third-order valence-corrected chi connectivity index (χ3v) is 5.75. The van der Waals surface area contributed by atoms with Crippen molar-refractivity contribution in [2.75, 3.05) is 13.1 Å². The van der Waals surface area contributed by atoms with Gasteiger partial charge in [-0.3, -0.25) is 9.78 Å². The maximum atomic E-state index is 12.7. The molecular formula is C20H19Cl2N5O2. The maximum Gasteiger partial charge on any atom is 0.278 e. The Labute approximate surface area is 178 Å². The number of benzene rings is 1. The predicted molar refractivity (Wildman–Crippen MR) is 109 cm³/mol. The Morgan fingerprint density at radius 1 is 1.17 bits per heavy atom. The Bertz CT molecular complexity index is 994. The van der Waals surface area contributed by atoms with Gasteiger partial charge in [0.1, 0.15) is 5.69 Å². The molecule has 3 heterocycles. The van der Waals surface area contributed by atoms with Gasteiger partial charge < -0.3 is 9.42 Å². The van der Waals surface area contributed by atoms with E-state index in [0.29, 0.717) is 46.1 Å². The molecular weight excluding hydrogens is 413 g/mol. The number of amides is 1. The lowest BCUT2D eigenvalue weighted by molar-refractivity contribution is -0.131. The van der Waals surface area contributed by atoms with Gasteiger partial charge in [0.05, 0.1) is 18.3 Å². The van der Waals surface area contributed by atoms with Crippen LogP contribution < -0.4 is 0 Å². The van der Waals surface area contributed by atoms with E-state index < -0.39 is 0 Å².